The highest BCUT2D eigenvalue weighted by atomic mass is 15.2. The average Bonchev–Trinajstić information content (AvgIpc) is 3.58. The van der Waals surface area contributed by atoms with Crippen LogP contribution in [0.1, 0.15) is 22.6 Å². The molecule has 9 rings (SSSR count). The molecule has 1 aromatic heterocycles. The molecule has 1 aliphatic carbocycles. The van der Waals surface area contributed by atoms with Crippen molar-refractivity contribution in [1.82, 2.24) is 4.57 Å². The van der Waals surface area contributed by atoms with Crippen molar-refractivity contribution in [2.45, 2.75) is 12.0 Å². The molecule has 1 aliphatic heterocycles. The van der Waals surface area contributed by atoms with Gasteiger partial charge in [-0.25, -0.2) is 0 Å². The molecule has 0 saturated carbocycles. The fraction of sp³-hybridized carbons (Fsp3) is 0.0500. The summed E-state index contributed by atoms with van der Waals surface area (Å²) in [6, 6.07) is 53.4. The number of hydrogen-bond acceptors (Lipinski definition) is 1. The molecule has 2 heteroatoms. The number of fused-ring (bicyclic) bond motifs is 8. The van der Waals surface area contributed by atoms with Crippen LogP contribution in [0, 0.1) is 0 Å². The van der Waals surface area contributed by atoms with Gasteiger partial charge in [-0.2, -0.15) is 0 Å². The van der Waals surface area contributed by atoms with E-state index in [2.05, 4.69) is 167 Å². The molecule has 2 heterocycles. The number of hydrogen-bond donors (Lipinski definition) is 0. The van der Waals surface area contributed by atoms with Crippen molar-refractivity contribution in [2.24, 2.45) is 0 Å². The molecule has 0 N–H and O–H groups in total. The lowest BCUT2D eigenvalue weighted by molar-refractivity contribution is 0.725. The van der Waals surface area contributed by atoms with Gasteiger partial charge in [-0.3, -0.25) is 0 Å². The van der Waals surface area contributed by atoms with Gasteiger partial charge in [0.05, 0.1) is 17.1 Å². The smallest absolute Gasteiger partial charge is 0.0635 e. The molecule has 0 radical (unpaired) electrons. The van der Waals surface area contributed by atoms with Crippen LogP contribution in [-0.4, -0.2) is 10.6 Å². The topological polar surface area (TPSA) is 8.17 Å². The van der Waals surface area contributed by atoms with Gasteiger partial charge in [-0.1, -0.05) is 103 Å². The largest absolute Gasteiger partial charge is 0.333 e. The van der Waals surface area contributed by atoms with Gasteiger partial charge in [0.1, 0.15) is 0 Å². The lowest BCUT2D eigenvalue weighted by atomic mass is 9.80. The third-order valence-electron chi connectivity index (χ3n) is 9.12. The molecule has 2 unspecified atom stereocenters. The Morgan fingerprint density at radius 2 is 1.14 bits per heavy atom. The fourth-order valence-electron chi connectivity index (χ4n) is 7.30. The molecule has 2 nitrogen and oxygen atoms in total. The molecular weight excluding hydrogens is 508 g/mol. The van der Waals surface area contributed by atoms with Crippen LogP contribution >= 0.6 is 0 Å². The number of anilines is 2. The van der Waals surface area contributed by atoms with E-state index in [0.717, 1.165) is 0 Å². The summed E-state index contributed by atoms with van der Waals surface area (Å²) in [7, 11) is 0. The minimum Gasteiger partial charge on any atom is -0.333 e. The van der Waals surface area contributed by atoms with E-state index in [-0.39, 0.29) is 12.0 Å². The Morgan fingerprint density at radius 3 is 2.00 bits per heavy atom. The predicted molar refractivity (Wildman–Crippen MR) is 176 cm³/mol. The number of aromatic nitrogens is 1. The number of rotatable bonds is 3. The van der Waals surface area contributed by atoms with Crippen LogP contribution in [0.3, 0.4) is 0 Å². The van der Waals surface area contributed by atoms with Crippen LogP contribution in [0.25, 0.3) is 44.7 Å². The molecule has 0 saturated heterocycles. The van der Waals surface area contributed by atoms with Crippen LogP contribution in [0.2, 0.25) is 0 Å². The highest BCUT2D eigenvalue weighted by Gasteiger charge is 2.41. The molecule has 2 aliphatic rings. The molecule has 198 valence electrons. The maximum atomic E-state index is 2.52. The first-order valence-corrected chi connectivity index (χ1v) is 14.7. The SMILES string of the molecule is C1=CC2C(c3ccccc31)c1cc(-c3ccc4c(c3)c3ccccc3n4-c3ccccc3)ccc1N2c1ccccc1. The summed E-state index contributed by atoms with van der Waals surface area (Å²) >= 11 is 0. The van der Waals surface area contributed by atoms with E-state index in [1.54, 1.807) is 0 Å². The van der Waals surface area contributed by atoms with Crippen LogP contribution in [0.5, 0.6) is 0 Å². The predicted octanol–water partition coefficient (Wildman–Crippen LogP) is 10.1. The number of para-hydroxylation sites is 3. The standard InChI is InChI=1S/C40H28N2/c1-3-12-30(13-4-1)41-36-18-10-9-17-33(36)34-25-28(20-22-37(34)41)29-21-23-38-35(26-29)40-32-16-8-7-11-27(32)19-24-39(40)42(38)31-14-5-2-6-15-31/h1-26,39-40H. The zero-order valence-corrected chi connectivity index (χ0v) is 23.1. The van der Waals surface area contributed by atoms with Gasteiger partial charge in [-0.15, -0.1) is 0 Å². The first-order valence-electron chi connectivity index (χ1n) is 14.7. The molecule has 0 fully saturated rings. The average molecular weight is 537 g/mol. The minimum absolute atomic E-state index is 0.249. The van der Waals surface area contributed by atoms with E-state index >= 15 is 0 Å². The lowest BCUT2D eigenvalue weighted by Gasteiger charge is -2.31. The monoisotopic (exact) mass is 536 g/mol. The van der Waals surface area contributed by atoms with Gasteiger partial charge in [0, 0.05) is 33.8 Å². The summed E-state index contributed by atoms with van der Waals surface area (Å²) in [6.45, 7) is 0. The van der Waals surface area contributed by atoms with Crippen molar-refractivity contribution in [3.63, 3.8) is 0 Å². The molecule has 0 amide bonds. The van der Waals surface area contributed by atoms with Crippen molar-refractivity contribution in [3.05, 3.63) is 168 Å². The minimum atomic E-state index is 0.249. The molecular formula is C40H28N2. The van der Waals surface area contributed by atoms with Gasteiger partial charge in [0.15, 0.2) is 0 Å². The lowest BCUT2D eigenvalue weighted by Crippen LogP contribution is -2.30. The summed E-state index contributed by atoms with van der Waals surface area (Å²) < 4.78 is 2.38. The van der Waals surface area contributed by atoms with Gasteiger partial charge < -0.3 is 9.47 Å². The van der Waals surface area contributed by atoms with E-state index in [1.165, 1.54) is 66.7 Å². The van der Waals surface area contributed by atoms with Gasteiger partial charge >= 0.3 is 0 Å². The van der Waals surface area contributed by atoms with E-state index in [0.29, 0.717) is 0 Å². The Kier molecular flexibility index (Phi) is 5.06. The van der Waals surface area contributed by atoms with Crippen LogP contribution < -0.4 is 4.90 Å². The van der Waals surface area contributed by atoms with Gasteiger partial charge in [0.2, 0.25) is 0 Å². The zero-order valence-electron chi connectivity index (χ0n) is 23.1. The molecule has 42 heavy (non-hydrogen) atoms. The normalized spacial score (nSPS) is 16.9. The second-order valence-electron chi connectivity index (χ2n) is 11.4. The van der Waals surface area contributed by atoms with E-state index < -0.39 is 0 Å². The van der Waals surface area contributed by atoms with Crippen LogP contribution in [-0.2, 0) is 0 Å². The Hall–Kier alpha value is -5.34. The molecule has 2 atom stereocenters. The van der Waals surface area contributed by atoms with E-state index in [1.807, 2.05) is 0 Å². The molecule has 0 bridgehead atoms. The summed E-state index contributed by atoms with van der Waals surface area (Å²) in [5.41, 5.74) is 12.8. The van der Waals surface area contributed by atoms with Crippen LogP contribution in [0.4, 0.5) is 11.4 Å². The summed E-state index contributed by atoms with van der Waals surface area (Å²) in [5, 5.41) is 2.56. The maximum absolute atomic E-state index is 2.52. The number of nitrogens with zero attached hydrogens (tertiary/aromatic N) is 2. The van der Waals surface area contributed by atoms with E-state index in [4.69, 9.17) is 0 Å². The van der Waals surface area contributed by atoms with Crippen LogP contribution in [0.15, 0.2) is 152 Å². The maximum Gasteiger partial charge on any atom is 0.0635 e. The summed E-state index contributed by atoms with van der Waals surface area (Å²) in [5.74, 6) is 0.282. The highest BCUT2D eigenvalue weighted by molar-refractivity contribution is 6.10. The highest BCUT2D eigenvalue weighted by Crippen LogP contribution is 2.52. The molecule has 6 aromatic carbocycles. The Labute approximate surface area is 245 Å². The van der Waals surface area contributed by atoms with Crippen molar-refractivity contribution in [2.75, 3.05) is 4.90 Å². The van der Waals surface area contributed by atoms with Gasteiger partial charge in [0.25, 0.3) is 0 Å². The quantitative estimate of drug-likeness (QED) is 0.218. The molecule has 0 spiro atoms. The second-order valence-corrected chi connectivity index (χ2v) is 11.4. The summed E-state index contributed by atoms with van der Waals surface area (Å²) in [4.78, 5) is 2.52. The fourth-order valence-corrected chi connectivity index (χ4v) is 7.30. The summed E-state index contributed by atoms with van der Waals surface area (Å²) in [6.07, 6.45) is 4.69. The van der Waals surface area contributed by atoms with Gasteiger partial charge in [-0.05, 0) is 82.4 Å². The Morgan fingerprint density at radius 1 is 0.476 bits per heavy atom. The Bertz CT molecular complexity index is 2150. The third-order valence-corrected chi connectivity index (χ3v) is 9.12. The zero-order chi connectivity index (χ0) is 27.6. The van der Waals surface area contributed by atoms with Crippen molar-refractivity contribution in [3.8, 4) is 16.8 Å². The van der Waals surface area contributed by atoms with Crippen molar-refractivity contribution in [1.29, 1.82) is 0 Å². The van der Waals surface area contributed by atoms with E-state index in [9.17, 15) is 0 Å². The second kappa shape index (κ2) is 9.09. The van der Waals surface area contributed by atoms with Crippen molar-refractivity contribution < 1.29 is 0 Å². The molecule has 7 aromatic rings. The first kappa shape index (κ1) is 23.4. The first-order chi connectivity index (χ1) is 20.8. The Balaban J connectivity index is 1.23. The third kappa shape index (κ3) is 3.39. The number of benzene rings is 6. The van der Waals surface area contributed by atoms with Crippen molar-refractivity contribution >= 4 is 39.3 Å².